The van der Waals surface area contributed by atoms with E-state index in [1.165, 1.54) is 24.9 Å². The Morgan fingerprint density at radius 2 is 2.14 bits per heavy atom. The summed E-state index contributed by atoms with van der Waals surface area (Å²) in [5, 5.41) is 8.53. The Bertz CT molecular complexity index is 700. The first kappa shape index (κ1) is 15.0. The van der Waals surface area contributed by atoms with Gasteiger partial charge in [-0.2, -0.15) is 0 Å². The zero-order chi connectivity index (χ0) is 15.7. The van der Waals surface area contributed by atoms with Crippen LogP contribution in [-0.2, 0) is 9.53 Å². The number of ether oxygens (including phenoxy) is 1. The SMILES string of the molecule is COC(=O)[C@@H](C)Sc1nnc(-c2ccccc2F)n1C1CC1. The number of benzene rings is 1. The van der Waals surface area contributed by atoms with Crippen molar-refractivity contribution in [3.8, 4) is 11.4 Å². The van der Waals surface area contributed by atoms with Crippen LogP contribution in [0.5, 0.6) is 0 Å². The summed E-state index contributed by atoms with van der Waals surface area (Å²) in [5.41, 5.74) is 0.430. The van der Waals surface area contributed by atoms with E-state index < -0.39 is 0 Å². The van der Waals surface area contributed by atoms with Crippen molar-refractivity contribution in [1.29, 1.82) is 0 Å². The van der Waals surface area contributed by atoms with Crippen molar-refractivity contribution >= 4 is 17.7 Å². The summed E-state index contributed by atoms with van der Waals surface area (Å²) in [6.07, 6.45) is 2.03. The number of carbonyl (C=O) groups excluding carboxylic acids is 1. The molecule has 22 heavy (non-hydrogen) atoms. The summed E-state index contributed by atoms with van der Waals surface area (Å²) in [5.74, 6) is -0.127. The van der Waals surface area contributed by atoms with Crippen molar-refractivity contribution < 1.29 is 13.9 Å². The molecule has 1 aliphatic rings. The smallest absolute Gasteiger partial charge is 0.318 e. The molecular weight excluding hydrogens is 305 g/mol. The second-order valence-corrected chi connectivity index (χ2v) is 6.48. The van der Waals surface area contributed by atoms with Gasteiger partial charge in [0.15, 0.2) is 11.0 Å². The van der Waals surface area contributed by atoms with Crippen LogP contribution in [-0.4, -0.2) is 33.1 Å². The number of hydrogen-bond donors (Lipinski definition) is 0. The number of thioether (sulfide) groups is 1. The predicted molar refractivity (Wildman–Crippen MR) is 81.0 cm³/mol. The largest absolute Gasteiger partial charge is 0.468 e. The van der Waals surface area contributed by atoms with E-state index in [2.05, 4.69) is 10.2 Å². The highest BCUT2D eigenvalue weighted by Crippen LogP contribution is 2.42. The van der Waals surface area contributed by atoms with Crippen LogP contribution in [0.3, 0.4) is 0 Å². The summed E-state index contributed by atoms with van der Waals surface area (Å²) in [6.45, 7) is 1.76. The molecule has 1 heterocycles. The van der Waals surface area contributed by atoms with Crippen molar-refractivity contribution in [2.24, 2.45) is 0 Å². The van der Waals surface area contributed by atoms with Crippen LogP contribution in [0.15, 0.2) is 29.4 Å². The van der Waals surface area contributed by atoms with Crippen LogP contribution >= 0.6 is 11.8 Å². The highest BCUT2D eigenvalue weighted by Gasteiger charge is 2.32. The number of aromatic nitrogens is 3. The van der Waals surface area contributed by atoms with Crippen LogP contribution < -0.4 is 0 Å². The molecule has 5 nitrogen and oxygen atoms in total. The van der Waals surface area contributed by atoms with Gasteiger partial charge in [-0.1, -0.05) is 23.9 Å². The molecule has 0 unspecified atom stereocenters. The summed E-state index contributed by atoms with van der Waals surface area (Å²) in [4.78, 5) is 11.6. The third-order valence-electron chi connectivity index (χ3n) is 3.51. The van der Waals surface area contributed by atoms with Crippen LogP contribution in [0.4, 0.5) is 4.39 Å². The first-order chi connectivity index (χ1) is 10.6. The average molecular weight is 321 g/mol. The molecule has 0 N–H and O–H groups in total. The Morgan fingerprint density at radius 1 is 1.41 bits per heavy atom. The standard InChI is InChI=1S/C15H16FN3O2S/c1-9(14(20)21-2)22-15-18-17-13(19(15)10-7-8-10)11-5-3-4-6-12(11)16/h3-6,9-10H,7-8H2,1-2H3/t9-/m1/s1. The average Bonchev–Trinajstić information content (AvgIpc) is 3.28. The topological polar surface area (TPSA) is 57.0 Å². The number of hydrogen-bond acceptors (Lipinski definition) is 5. The molecular formula is C15H16FN3O2S. The minimum atomic E-state index is -0.389. The lowest BCUT2D eigenvalue weighted by molar-refractivity contribution is -0.139. The molecule has 1 aromatic heterocycles. The maximum atomic E-state index is 14.0. The summed E-state index contributed by atoms with van der Waals surface area (Å²) in [7, 11) is 1.36. The summed E-state index contributed by atoms with van der Waals surface area (Å²) >= 11 is 1.28. The molecule has 7 heteroatoms. The molecule has 1 saturated carbocycles. The Hall–Kier alpha value is -1.89. The number of carbonyl (C=O) groups is 1. The number of methoxy groups -OCH3 is 1. The highest BCUT2D eigenvalue weighted by atomic mass is 32.2. The Labute approximate surface area is 131 Å². The van der Waals surface area contributed by atoms with Crippen molar-refractivity contribution in [2.75, 3.05) is 7.11 Å². The minimum absolute atomic E-state index is 0.275. The molecule has 0 amide bonds. The molecule has 1 fully saturated rings. The van der Waals surface area contributed by atoms with E-state index >= 15 is 0 Å². The molecule has 116 valence electrons. The zero-order valence-electron chi connectivity index (χ0n) is 12.3. The van der Waals surface area contributed by atoms with Crippen LogP contribution in [0.2, 0.25) is 0 Å². The second-order valence-electron chi connectivity index (χ2n) is 5.17. The normalized spacial score (nSPS) is 15.6. The molecule has 1 aromatic carbocycles. The van der Waals surface area contributed by atoms with Gasteiger partial charge in [-0.15, -0.1) is 10.2 Å². The molecule has 0 spiro atoms. The fourth-order valence-electron chi connectivity index (χ4n) is 2.22. The maximum absolute atomic E-state index is 14.0. The van der Waals surface area contributed by atoms with Gasteiger partial charge in [-0.05, 0) is 31.9 Å². The van der Waals surface area contributed by atoms with E-state index in [0.717, 1.165) is 12.8 Å². The van der Waals surface area contributed by atoms with Crippen LogP contribution in [0.25, 0.3) is 11.4 Å². The van der Waals surface area contributed by atoms with Gasteiger partial charge in [-0.3, -0.25) is 9.36 Å². The van der Waals surface area contributed by atoms with Gasteiger partial charge in [-0.25, -0.2) is 4.39 Å². The number of rotatable bonds is 5. The number of halogens is 1. The summed E-state index contributed by atoms with van der Waals surface area (Å²) < 4.78 is 20.7. The molecule has 0 radical (unpaired) electrons. The predicted octanol–water partition coefficient (Wildman–Crippen LogP) is 3.07. The van der Waals surface area contributed by atoms with Crippen LogP contribution in [0.1, 0.15) is 25.8 Å². The van der Waals surface area contributed by atoms with E-state index in [1.807, 2.05) is 4.57 Å². The van der Waals surface area contributed by atoms with Gasteiger partial charge >= 0.3 is 5.97 Å². The lowest BCUT2D eigenvalue weighted by Crippen LogP contribution is -2.15. The third kappa shape index (κ3) is 2.85. The Morgan fingerprint density at radius 3 is 2.77 bits per heavy atom. The van der Waals surface area contributed by atoms with Gasteiger partial charge < -0.3 is 4.74 Å². The minimum Gasteiger partial charge on any atom is -0.468 e. The Kier molecular flexibility index (Phi) is 4.15. The molecule has 3 rings (SSSR count). The number of nitrogens with zero attached hydrogens (tertiary/aromatic N) is 3. The highest BCUT2D eigenvalue weighted by molar-refractivity contribution is 8.00. The van der Waals surface area contributed by atoms with E-state index in [-0.39, 0.29) is 23.1 Å². The van der Waals surface area contributed by atoms with Crippen LogP contribution in [0, 0.1) is 5.82 Å². The van der Waals surface area contributed by atoms with E-state index in [1.54, 1.807) is 25.1 Å². The molecule has 0 bridgehead atoms. The van der Waals surface area contributed by atoms with Crippen molar-refractivity contribution in [3.05, 3.63) is 30.1 Å². The lowest BCUT2D eigenvalue weighted by Gasteiger charge is -2.11. The van der Waals surface area contributed by atoms with Gasteiger partial charge in [0.2, 0.25) is 0 Å². The maximum Gasteiger partial charge on any atom is 0.318 e. The fourth-order valence-corrected chi connectivity index (χ4v) is 3.16. The fraction of sp³-hybridized carbons (Fsp3) is 0.400. The van der Waals surface area contributed by atoms with Gasteiger partial charge in [0, 0.05) is 6.04 Å². The van der Waals surface area contributed by atoms with E-state index in [4.69, 9.17) is 4.74 Å². The van der Waals surface area contributed by atoms with E-state index in [0.29, 0.717) is 16.5 Å². The molecule has 0 aliphatic heterocycles. The monoisotopic (exact) mass is 321 g/mol. The summed E-state index contributed by atoms with van der Waals surface area (Å²) in [6, 6.07) is 6.79. The van der Waals surface area contributed by atoms with Crippen molar-refractivity contribution in [3.63, 3.8) is 0 Å². The van der Waals surface area contributed by atoms with Gasteiger partial charge in [0.05, 0.1) is 12.7 Å². The third-order valence-corrected chi connectivity index (χ3v) is 4.54. The quantitative estimate of drug-likeness (QED) is 0.626. The molecule has 1 atom stereocenters. The lowest BCUT2D eigenvalue weighted by atomic mass is 10.2. The zero-order valence-corrected chi connectivity index (χ0v) is 13.1. The number of esters is 1. The molecule has 0 saturated heterocycles. The Balaban J connectivity index is 1.96. The second kappa shape index (κ2) is 6.08. The molecule has 2 aromatic rings. The first-order valence-corrected chi connectivity index (χ1v) is 7.94. The van der Waals surface area contributed by atoms with Gasteiger partial charge in [0.1, 0.15) is 11.1 Å². The van der Waals surface area contributed by atoms with Crippen molar-refractivity contribution in [1.82, 2.24) is 14.8 Å². The van der Waals surface area contributed by atoms with E-state index in [9.17, 15) is 9.18 Å². The van der Waals surface area contributed by atoms with Gasteiger partial charge in [0.25, 0.3) is 0 Å². The van der Waals surface area contributed by atoms with Crippen molar-refractivity contribution in [2.45, 2.75) is 36.2 Å². The molecule has 1 aliphatic carbocycles. The first-order valence-electron chi connectivity index (χ1n) is 7.06.